The molecule has 5 rings (SSSR count). The number of benzene rings is 3. The molecule has 2 fully saturated rings. The van der Waals surface area contributed by atoms with Crippen molar-refractivity contribution in [1.29, 1.82) is 0 Å². The van der Waals surface area contributed by atoms with Crippen molar-refractivity contribution in [2.75, 3.05) is 28.4 Å². The van der Waals surface area contributed by atoms with Crippen LogP contribution in [0.5, 0.6) is 0 Å². The van der Waals surface area contributed by atoms with Gasteiger partial charge in [-0.1, -0.05) is 23.5 Å². The van der Waals surface area contributed by atoms with Crippen molar-refractivity contribution in [2.45, 2.75) is 6.92 Å². The summed E-state index contributed by atoms with van der Waals surface area (Å²) >= 11 is 2.39. The molecule has 3 aromatic carbocycles. The number of hydrogen-bond donors (Lipinski definition) is 0. The predicted octanol–water partition coefficient (Wildman–Crippen LogP) is 5.59. The average molecular weight is 567 g/mol. The molecule has 8 nitrogen and oxygen atoms in total. The molecule has 0 N–H and O–H groups in total. The molecule has 2 saturated heterocycles. The van der Waals surface area contributed by atoms with Crippen LogP contribution < -0.4 is 9.80 Å². The number of halogens is 2. The number of hydrogen-bond acceptors (Lipinski definition) is 8. The molecule has 3 aromatic rings. The van der Waals surface area contributed by atoms with Crippen molar-refractivity contribution >= 4 is 74.4 Å². The highest BCUT2D eigenvalue weighted by atomic mass is 32.2. The van der Waals surface area contributed by atoms with Gasteiger partial charge >= 0.3 is 5.97 Å². The zero-order valence-electron chi connectivity index (χ0n) is 20.7. The second kappa shape index (κ2) is 11.0. The zero-order valence-corrected chi connectivity index (χ0v) is 22.3. The second-order valence-electron chi connectivity index (χ2n) is 8.37. The fraction of sp³-hybridized carbons (Fsp3) is 0.148. The first kappa shape index (κ1) is 26.6. The molecular formula is C27H20F2N4O4S2. The Kier molecular flexibility index (Phi) is 7.49. The van der Waals surface area contributed by atoms with E-state index in [9.17, 15) is 23.2 Å². The van der Waals surface area contributed by atoms with Gasteiger partial charge in [-0.05, 0) is 73.2 Å². The number of carbonyl (C=O) groups is 3. The Bertz CT molecular complexity index is 1540. The summed E-state index contributed by atoms with van der Waals surface area (Å²) in [6.45, 7) is 1.69. The Hall–Kier alpha value is -4.03. The monoisotopic (exact) mass is 566 g/mol. The van der Waals surface area contributed by atoms with E-state index in [4.69, 9.17) is 4.74 Å². The average Bonchev–Trinajstić information content (AvgIpc) is 3.47. The molecule has 2 aliphatic rings. The third-order valence-corrected chi connectivity index (χ3v) is 7.75. The van der Waals surface area contributed by atoms with Gasteiger partial charge in [0.1, 0.15) is 11.6 Å². The Morgan fingerprint density at radius 1 is 0.795 bits per heavy atom. The first-order valence-electron chi connectivity index (χ1n) is 11.6. The van der Waals surface area contributed by atoms with Crippen LogP contribution in [-0.4, -0.2) is 46.7 Å². The van der Waals surface area contributed by atoms with Crippen LogP contribution >= 0.6 is 23.5 Å². The van der Waals surface area contributed by atoms with Gasteiger partial charge in [-0.25, -0.2) is 23.6 Å². The first-order chi connectivity index (χ1) is 18.8. The molecule has 0 aromatic heterocycles. The van der Waals surface area contributed by atoms with Gasteiger partial charge in [0.05, 0.1) is 46.9 Å². The Labute approximate surface area is 230 Å². The van der Waals surface area contributed by atoms with Crippen LogP contribution in [0.1, 0.15) is 15.9 Å². The van der Waals surface area contributed by atoms with Crippen LogP contribution in [0.2, 0.25) is 0 Å². The van der Waals surface area contributed by atoms with E-state index in [-0.39, 0.29) is 34.6 Å². The Balaban J connectivity index is 1.64. The maximum atomic E-state index is 13.4. The number of esters is 1. The van der Waals surface area contributed by atoms with Crippen molar-refractivity contribution < 1.29 is 27.9 Å². The minimum absolute atomic E-state index is 0.0695. The molecular weight excluding hydrogens is 546 g/mol. The van der Waals surface area contributed by atoms with Crippen molar-refractivity contribution in [3.8, 4) is 0 Å². The van der Waals surface area contributed by atoms with Crippen LogP contribution in [0.3, 0.4) is 0 Å². The zero-order chi connectivity index (χ0) is 27.7. The smallest absolute Gasteiger partial charge is 0.340 e. The van der Waals surface area contributed by atoms with E-state index in [0.717, 1.165) is 0 Å². The molecule has 39 heavy (non-hydrogen) atoms. The lowest BCUT2D eigenvalue weighted by Gasteiger charge is -2.26. The number of carbonyl (C=O) groups excluding carboxylic acids is 3. The van der Waals surface area contributed by atoms with E-state index in [2.05, 4.69) is 9.98 Å². The number of ether oxygens (including phenoxy) is 1. The molecule has 2 amide bonds. The van der Waals surface area contributed by atoms with Gasteiger partial charge in [-0.2, -0.15) is 0 Å². The third kappa shape index (κ3) is 5.30. The number of aliphatic imine (C=N–C) groups is 2. The third-order valence-electron chi connectivity index (χ3n) is 5.91. The largest absolute Gasteiger partial charge is 0.465 e. The summed E-state index contributed by atoms with van der Waals surface area (Å²) < 4.78 is 31.8. The quantitative estimate of drug-likeness (QED) is 0.374. The van der Waals surface area contributed by atoms with Crippen molar-refractivity contribution in [3.63, 3.8) is 0 Å². The van der Waals surface area contributed by atoms with Gasteiger partial charge in [0, 0.05) is 0 Å². The number of thioether (sulfide) groups is 2. The first-order valence-corrected chi connectivity index (χ1v) is 13.6. The molecule has 2 aliphatic heterocycles. The number of methoxy groups -OCH3 is 1. The fourth-order valence-corrected chi connectivity index (χ4v) is 5.85. The van der Waals surface area contributed by atoms with E-state index >= 15 is 0 Å². The number of amidine groups is 2. The minimum Gasteiger partial charge on any atom is -0.465 e. The van der Waals surface area contributed by atoms with E-state index in [0.29, 0.717) is 33.0 Å². The molecule has 0 saturated carbocycles. The topological polar surface area (TPSA) is 91.6 Å². The summed E-state index contributed by atoms with van der Waals surface area (Å²) in [5, 5.41) is 0.660. The van der Waals surface area contributed by atoms with Crippen LogP contribution in [0.4, 0.5) is 31.5 Å². The highest BCUT2D eigenvalue weighted by molar-refractivity contribution is 8.15. The molecule has 12 heteroatoms. The van der Waals surface area contributed by atoms with Gasteiger partial charge in [0.2, 0.25) is 11.8 Å². The van der Waals surface area contributed by atoms with E-state index in [1.165, 1.54) is 95.0 Å². The Morgan fingerprint density at radius 2 is 1.28 bits per heavy atom. The van der Waals surface area contributed by atoms with Gasteiger partial charge < -0.3 is 4.74 Å². The van der Waals surface area contributed by atoms with Crippen molar-refractivity contribution in [1.82, 2.24) is 0 Å². The molecule has 0 radical (unpaired) electrons. The van der Waals surface area contributed by atoms with Gasteiger partial charge in [0.15, 0.2) is 10.3 Å². The predicted molar refractivity (Wildman–Crippen MR) is 149 cm³/mol. The van der Waals surface area contributed by atoms with E-state index < -0.39 is 17.6 Å². The number of nitrogens with zero attached hydrogens (tertiary/aromatic N) is 4. The number of anilines is 2. The normalized spacial score (nSPS) is 17.5. The van der Waals surface area contributed by atoms with Crippen LogP contribution in [0.15, 0.2) is 70.6 Å². The maximum absolute atomic E-state index is 13.4. The second-order valence-corrected chi connectivity index (χ2v) is 10.3. The molecule has 2 heterocycles. The molecule has 0 unspecified atom stereocenters. The van der Waals surface area contributed by atoms with Crippen LogP contribution in [0, 0.1) is 18.6 Å². The highest BCUT2D eigenvalue weighted by Gasteiger charge is 2.37. The number of rotatable bonds is 5. The van der Waals surface area contributed by atoms with Crippen LogP contribution in [0.25, 0.3) is 0 Å². The van der Waals surface area contributed by atoms with Crippen LogP contribution in [-0.2, 0) is 14.3 Å². The van der Waals surface area contributed by atoms with Crippen molar-refractivity contribution in [3.05, 3.63) is 83.4 Å². The summed E-state index contributed by atoms with van der Waals surface area (Å²) in [5.74, 6) is -1.88. The van der Waals surface area contributed by atoms with Gasteiger partial charge in [0.25, 0.3) is 0 Å². The molecule has 0 atom stereocenters. The molecule has 0 aliphatic carbocycles. The SMILES string of the molecule is COC(=O)c1ccc(N2C(=O)CS/C2=N\c2ccc(F)cc2)c(C)c1N1C(=O)CS/C1=N\c1ccc(F)cc1. The molecule has 0 bridgehead atoms. The molecule has 0 spiro atoms. The standard InChI is InChI=1S/C27H20F2N4O4S2/c1-15-21(32-22(34)13-38-26(32)30-18-7-3-16(28)4-8-18)12-11-20(25(36)37-2)24(15)33-23(35)14-39-27(33)31-19-9-5-17(29)6-10-19/h3-12H,13-14H2,1-2H3/b30-26-,31-27-. The summed E-state index contributed by atoms with van der Waals surface area (Å²) in [6.07, 6.45) is 0. The number of amides is 2. The van der Waals surface area contributed by atoms with E-state index in [1.807, 2.05) is 0 Å². The van der Waals surface area contributed by atoms with Crippen molar-refractivity contribution in [2.24, 2.45) is 9.98 Å². The van der Waals surface area contributed by atoms with Gasteiger partial charge in [-0.15, -0.1) is 0 Å². The lowest BCUT2D eigenvalue weighted by molar-refractivity contribution is -0.115. The lowest BCUT2D eigenvalue weighted by atomic mass is 10.0. The van der Waals surface area contributed by atoms with E-state index in [1.54, 1.807) is 13.0 Å². The summed E-state index contributed by atoms with van der Waals surface area (Å²) in [4.78, 5) is 50.8. The maximum Gasteiger partial charge on any atom is 0.340 e. The summed E-state index contributed by atoms with van der Waals surface area (Å²) in [7, 11) is 1.23. The lowest BCUT2D eigenvalue weighted by Crippen LogP contribution is -2.34. The fourth-order valence-electron chi connectivity index (χ4n) is 4.09. The Morgan fingerprint density at radius 3 is 1.79 bits per heavy atom. The minimum atomic E-state index is -0.673. The van der Waals surface area contributed by atoms with Gasteiger partial charge in [-0.3, -0.25) is 19.4 Å². The summed E-state index contributed by atoms with van der Waals surface area (Å²) in [5.41, 5.74) is 2.08. The summed E-state index contributed by atoms with van der Waals surface area (Å²) in [6, 6.07) is 14.1. The highest BCUT2D eigenvalue weighted by Crippen LogP contribution is 2.40. The molecule has 198 valence electrons.